The number of para-hydroxylation sites is 2. The molecular formula is C16H23N3O4. The van der Waals surface area contributed by atoms with Crippen LogP contribution in [0.15, 0.2) is 24.3 Å². The Morgan fingerprint density at radius 2 is 1.91 bits per heavy atom. The summed E-state index contributed by atoms with van der Waals surface area (Å²) in [5.41, 5.74) is 1.07. The van der Waals surface area contributed by atoms with Gasteiger partial charge in [-0.05, 0) is 19.1 Å². The van der Waals surface area contributed by atoms with Crippen molar-refractivity contribution < 1.29 is 19.4 Å². The predicted molar refractivity (Wildman–Crippen MR) is 86.9 cm³/mol. The van der Waals surface area contributed by atoms with Crippen LogP contribution in [0.25, 0.3) is 0 Å². The van der Waals surface area contributed by atoms with E-state index < -0.39 is 5.97 Å². The summed E-state index contributed by atoms with van der Waals surface area (Å²) in [6.45, 7) is 5.59. The normalized spacial score (nSPS) is 15.3. The number of carbonyl (C=O) groups is 2. The number of hydrogen-bond donors (Lipinski definition) is 2. The number of nitrogens with zero attached hydrogens (tertiary/aromatic N) is 2. The molecule has 1 aromatic rings. The van der Waals surface area contributed by atoms with Crippen molar-refractivity contribution in [3.63, 3.8) is 0 Å². The van der Waals surface area contributed by atoms with E-state index in [1.54, 1.807) is 0 Å². The number of ether oxygens (including phenoxy) is 1. The van der Waals surface area contributed by atoms with Crippen LogP contribution in [-0.4, -0.2) is 67.8 Å². The maximum atomic E-state index is 11.7. The lowest BCUT2D eigenvalue weighted by atomic mass is 10.2. The van der Waals surface area contributed by atoms with Gasteiger partial charge in [0.25, 0.3) is 0 Å². The molecule has 7 nitrogen and oxygen atoms in total. The molecule has 0 spiro atoms. The van der Waals surface area contributed by atoms with Crippen LogP contribution in [0.5, 0.6) is 5.75 Å². The third-order valence-corrected chi connectivity index (χ3v) is 3.68. The molecule has 0 unspecified atom stereocenters. The predicted octanol–water partition coefficient (Wildman–Crippen LogP) is 0.408. The monoisotopic (exact) mass is 321 g/mol. The van der Waals surface area contributed by atoms with E-state index in [2.05, 4.69) is 10.2 Å². The first-order chi connectivity index (χ1) is 11.1. The zero-order chi connectivity index (χ0) is 16.7. The van der Waals surface area contributed by atoms with Crippen LogP contribution in [0.2, 0.25) is 0 Å². The average molecular weight is 321 g/mol. The van der Waals surface area contributed by atoms with Gasteiger partial charge in [-0.15, -0.1) is 0 Å². The van der Waals surface area contributed by atoms with E-state index in [-0.39, 0.29) is 19.0 Å². The van der Waals surface area contributed by atoms with Gasteiger partial charge in [-0.3, -0.25) is 14.5 Å². The fourth-order valence-corrected chi connectivity index (χ4v) is 2.58. The van der Waals surface area contributed by atoms with E-state index >= 15 is 0 Å². The number of piperazine rings is 1. The van der Waals surface area contributed by atoms with Crippen LogP contribution in [-0.2, 0) is 9.59 Å². The fourth-order valence-electron chi connectivity index (χ4n) is 2.58. The Hall–Kier alpha value is -2.28. The first-order valence-electron chi connectivity index (χ1n) is 7.77. The maximum absolute atomic E-state index is 11.7. The van der Waals surface area contributed by atoms with Crippen LogP contribution in [0, 0.1) is 0 Å². The van der Waals surface area contributed by atoms with Gasteiger partial charge in [-0.25, -0.2) is 0 Å². The van der Waals surface area contributed by atoms with Gasteiger partial charge in [0.2, 0.25) is 5.91 Å². The van der Waals surface area contributed by atoms with Gasteiger partial charge in [0.15, 0.2) is 0 Å². The highest BCUT2D eigenvalue weighted by atomic mass is 16.5. The minimum atomic E-state index is -1.03. The molecule has 2 N–H and O–H groups in total. The second kappa shape index (κ2) is 8.38. The summed E-state index contributed by atoms with van der Waals surface area (Å²) in [7, 11) is 0. The summed E-state index contributed by atoms with van der Waals surface area (Å²) >= 11 is 0. The van der Waals surface area contributed by atoms with Crippen LogP contribution < -0.4 is 15.0 Å². The highest BCUT2D eigenvalue weighted by molar-refractivity contribution is 5.82. The third-order valence-electron chi connectivity index (χ3n) is 3.68. The number of hydrogen-bond acceptors (Lipinski definition) is 5. The van der Waals surface area contributed by atoms with Crippen molar-refractivity contribution in [3.8, 4) is 5.75 Å². The molecule has 1 aromatic carbocycles. The highest BCUT2D eigenvalue weighted by Crippen LogP contribution is 2.28. The number of anilines is 1. The number of carbonyl (C=O) groups excluding carboxylic acids is 1. The number of amides is 1. The van der Waals surface area contributed by atoms with Crippen LogP contribution in [0.4, 0.5) is 5.69 Å². The van der Waals surface area contributed by atoms with Gasteiger partial charge in [-0.2, -0.15) is 0 Å². The average Bonchev–Trinajstić information content (AvgIpc) is 2.55. The van der Waals surface area contributed by atoms with Crippen molar-refractivity contribution >= 4 is 17.6 Å². The smallest absolute Gasteiger partial charge is 0.322 e. The van der Waals surface area contributed by atoms with Gasteiger partial charge in [0, 0.05) is 26.2 Å². The SMILES string of the molecule is CCOc1ccccc1N1CCN(CC(=O)NCC(=O)O)CC1. The Balaban J connectivity index is 1.84. The second-order valence-electron chi connectivity index (χ2n) is 5.33. The first kappa shape index (κ1) is 17.1. The third kappa shape index (κ3) is 5.14. The minimum absolute atomic E-state index is 0.230. The highest BCUT2D eigenvalue weighted by Gasteiger charge is 2.21. The van der Waals surface area contributed by atoms with Gasteiger partial charge < -0.3 is 20.1 Å². The summed E-state index contributed by atoms with van der Waals surface area (Å²) in [5, 5.41) is 10.9. The van der Waals surface area contributed by atoms with Crippen molar-refractivity contribution in [2.24, 2.45) is 0 Å². The lowest BCUT2D eigenvalue weighted by Crippen LogP contribution is -2.50. The molecule has 0 aliphatic carbocycles. The molecule has 7 heteroatoms. The largest absolute Gasteiger partial charge is 0.492 e. The molecule has 0 aromatic heterocycles. The van der Waals surface area contributed by atoms with Crippen molar-refractivity contribution in [1.82, 2.24) is 10.2 Å². The van der Waals surface area contributed by atoms with Crippen molar-refractivity contribution in [3.05, 3.63) is 24.3 Å². The van der Waals surface area contributed by atoms with Gasteiger partial charge in [0.1, 0.15) is 12.3 Å². The van der Waals surface area contributed by atoms with Crippen molar-refractivity contribution in [2.45, 2.75) is 6.92 Å². The Labute approximate surface area is 135 Å². The number of benzene rings is 1. The fraction of sp³-hybridized carbons (Fsp3) is 0.500. The molecule has 0 saturated carbocycles. The van der Waals surface area contributed by atoms with Gasteiger partial charge >= 0.3 is 5.97 Å². The number of carboxylic acids is 1. The summed E-state index contributed by atoms with van der Waals surface area (Å²) in [6.07, 6.45) is 0. The Morgan fingerprint density at radius 1 is 1.22 bits per heavy atom. The summed E-state index contributed by atoms with van der Waals surface area (Å²) in [6, 6.07) is 7.95. The number of rotatable bonds is 7. The molecule has 2 rings (SSSR count). The molecule has 0 atom stereocenters. The molecule has 1 saturated heterocycles. The van der Waals surface area contributed by atoms with E-state index in [0.29, 0.717) is 6.61 Å². The van der Waals surface area contributed by atoms with E-state index in [9.17, 15) is 9.59 Å². The summed E-state index contributed by atoms with van der Waals surface area (Å²) in [4.78, 5) is 26.4. The molecule has 1 aliphatic rings. The molecule has 0 bridgehead atoms. The number of carboxylic acid groups (broad SMARTS) is 1. The molecular weight excluding hydrogens is 298 g/mol. The van der Waals surface area contributed by atoms with Gasteiger partial charge in [0.05, 0.1) is 18.8 Å². The minimum Gasteiger partial charge on any atom is -0.492 e. The molecule has 1 aliphatic heterocycles. The molecule has 1 fully saturated rings. The van der Waals surface area contributed by atoms with Gasteiger partial charge in [-0.1, -0.05) is 12.1 Å². The van der Waals surface area contributed by atoms with Crippen molar-refractivity contribution in [2.75, 3.05) is 50.8 Å². The second-order valence-corrected chi connectivity index (χ2v) is 5.33. The van der Waals surface area contributed by atoms with E-state index in [0.717, 1.165) is 37.6 Å². The zero-order valence-electron chi connectivity index (χ0n) is 13.3. The van der Waals surface area contributed by atoms with Crippen LogP contribution in [0.3, 0.4) is 0 Å². The number of aliphatic carboxylic acids is 1. The lowest BCUT2D eigenvalue weighted by molar-refractivity contribution is -0.138. The lowest BCUT2D eigenvalue weighted by Gasteiger charge is -2.36. The van der Waals surface area contributed by atoms with Crippen molar-refractivity contribution in [1.29, 1.82) is 0 Å². The zero-order valence-corrected chi connectivity index (χ0v) is 13.3. The molecule has 23 heavy (non-hydrogen) atoms. The van der Waals surface area contributed by atoms with E-state index in [1.165, 1.54) is 0 Å². The molecule has 1 heterocycles. The summed E-state index contributed by atoms with van der Waals surface area (Å²) < 4.78 is 5.66. The van der Waals surface area contributed by atoms with Crippen LogP contribution >= 0.6 is 0 Å². The number of nitrogens with one attached hydrogen (secondary N) is 1. The summed E-state index contributed by atoms with van der Waals surface area (Å²) in [5.74, 6) is -0.408. The Kier molecular flexibility index (Phi) is 6.22. The molecule has 1 amide bonds. The Morgan fingerprint density at radius 3 is 2.57 bits per heavy atom. The Bertz CT molecular complexity index is 542. The first-order valence-corrected chi connectivity index (χ1v) is 7.77. The molecule has 126 valence electrons. The standard InChI is InChI=1S/C16H23N3O4/c1-2-23-14-6-4-3-5-13(14)19-9-7-18(8-10-19)12-15(20)17-11-16(21)22/h3-6H,2,7-12H2,1H3,(H,17,20)(H,21,22). The topological polar surface area (TPSA) is 82.1 Å². The maximum Gasteiger partial charge on any atom is 0.322 e. The van der Waals surface area contributed by atoms with E-state index in [1.807, 2.05) is 36.1 Å². The van der Waals surface area contributed by atoms with Crippen LogP contribution in [0.1, 0.15) is 6.92 Å². The quantitative estimate of drug-likeness (QED) is 0.757. The van der Waals surface area contributed by atoms with E-state index in [4.69, 9.17) is 9.84 Å². The molecule has 0 radical (unpaired) electrons.